The van der Waals surface area contributed by atoms with Gasteiger partial charge in [0.25, 0.3) is 5.91 Å². The van der Waals surface area contributed by atoms with Gasteiger partial charge in [-0.15, -0.1) is 11.3 Å². The maximum absolute atomic E-state index is 12.4. The van der Waals surface area contributed by atoms with E-state index in [1.54, 1.807) is 29.3 Å². The standard InChI is InChI=1S/C14H16N2O3S/c17-12(13-4-2-6-19-13)7-10-3-1-5-16(10)14(18)11-8-20-9-15-11/h2,4,6,8-10,12,17H,1,3,5,7H2. The Balaban J connectivity index is 1.68. The smallest absolute Gasteiger partial charge is 0.273 e. The van der Waals surface area contributed by atoms with Crippen LogP contribution in [-0.4, -0.2) is 33.5 Å². The van der Waals surface area contributed by atoms with Crippen molar-refractivity contribution in [3.63, 3.8) is 0 Å². The summed E-state index contributed by atoms with van der Waals surface area (Å²) in [5, 5.41) is 11.9. The van der Waals surface area contributed by atoms with E-state index in [-0.39, 0.29) is 11.9 Å². The zero-order valence-electron chi connectivity index (χ0n) is 10.9. The van der Waals surface area contributed by atoms with E-state index >= 15 is 0 Å². The number of carbonyl (C=O) groups is 1. The molecule has 0 bridgehead atoms. The second-order valence-corrected chi connectivity index (χ2v) is 5.65. The highest BCUT2D eigenvalue weighted by molar-refractivity contribution is 7.07. The molecule has 2 atom stereocenters. The van der Waals surface area contributed by atoms with Gasteiger partial charge in [-0.05, 0) is 25.0 Å². The molecule has 0 radical (unpaired) electrons. The van der Waals surface area contributed by atoms with Crippen molar-refractivity contribution >= 4 is 17.2 Å². The maximum atomic E-state index is 12.4. The van der Waals surface area contributed by atoms with Crippen molar-refractivity contribution in [2.75, 3.05) is 6.54 Å². The van der Waals surface area contributed by atoms with Crippen molar-refractivity contribution in [1.82, 2.24) is 9.88 Å². The predicted octanol–water partition coefficient (Wildman–Crippen LogP) is 2.46. The summed E-state index contributed by atoms with van der Waals surface area (Å²) in [6.07, 6.45) is 3.26. The van der Waals surface area contributed by atoms with Gasteiger partial charge < -0.3 is 14.4 Å². The van der Waals surface area contributed by atoms with Crippen molar-refractivity contribution in [2.45, 2.75) is 31.4 Å². The van der Waals surface area contributed by atoms with E-state index in [0.29, 0.717) is 17.9 Å². The summed E-state index contributed by atoms with van der Waals surface area (Å²) < 4.78 is 5.21. The van der Waals surface area contributed by atoms with Crippen LogP contribution < -0.4 is 0 Å². The molecule has 1 fully saturated rings. The number of furan rings is 1. The molecule has 2 aromatic heterocycles. The Morgan fingerprint density at radius 1 is 1.65 bits per heavy atom. The van der Waals surface area contributed by atoms with Crippen LogP contribution in [0.15, 0.2) is 33.7 Å². The van der Waals surface area contributed by atoms with Crippen LogP contribution in [0.3, 0.4) is 0 Å². The first-order chi connectivity index (χ1) is 9.75. The normalized spacial score (nSPS) is 20.2. The number of aromatic nitrogens is 1. The van der Waals surface area contributed by atoms with Gasteiger partial charge in [0.2, 0.25) is 0 Å². The number of thiazole rings is 1. The van der Waals surface area contributed by atoms with Crippen LogP contribution in [0.5, 0.6) is 0 Å². The molecule has 6 heteroatoms. The summed E-state index contributed by atoms with van der Waals surface area (Å²) in [5.41, 5.74) is 2.16. The predicted molar refractivity (Wildman–Crippen MR) is 74.5 cm³/mol. The number of amides is 1. The van der Waals surface area contributed by atoms with Crippen LogP contribution in [-0.2, 0) is 0 Å². The number of aliphatic hydroxyl groups is 1. The SMILES string of the molecule is O=C(c1cscn1)N1CCCC1CC(O)c1ccco1. The topological polar surface area (TPSA) is 66.6 Å². The number of hydrogen-bond acceptors (Lipinski definition) is 5. The highest BCUT2D eigenvalue weighted by Crippen LogP contribution is 2.28. The zero-order valence-corrected chi connectivity index (χ0v) is 11.8. The van der Waals surface area contributed by atoms with Gasteiger partial charge in [0, 0.05) is 24.4 Å². The van der Waals surface area contributed by atoms with E-state index in [1.807, 2.05) is 4.90 Å². The van der Waals surface area contributed by atoms with Crippen LogP contribution in [0.2, 0.25) is 0 Å². The van der Waals surface area contributed by atoms with Gasteiger partial charge in [-0.25, -0.2) is 4.98 Å². The van der Waals surface area contributed by atoms with E-state index in [1.165, 1.54) is 11.3 Å². The number of likely N-dealkylation sites (tertiary alicyclic amines) is 1. The summed E-state index contributed by atoms with van der Waals surface area (Å²) in [7, 11) is 0. The van der Waals surface area contributed by atoms with Crippen molar-refractivity contribution in [3.8, 4) is 0 Å². The first kappa shape index (κ1) is 13.3. The Labute approximate surface area is 120 Å². The molecular weight excluding hydrogens is 276 g/mol. The monoisotopic (exact) mass is 292 g/mol. The lowest BCUT2D eigenvalue weighted by Gasteiger charge is -2.25. The van der Waals surface area contributed by atoms with Crippen LogP contribution >= 0.6 is 11.3 Å². The molecule has 1 aliphatic rings. The van der Waals surface area contributed by atoms with Crippen LogP contribution in [0, 0.1) is 0 Å². The fourth-order valence-electron chi connectivity index (χ4n) is 2.67. The summed E-state index contributed by atoms with van der Waals surface area (Å²) in [6, 6.07) is 3.56. The Hall–Kier alpha value is -1.66. The lowest BCUT2D eigenvalue weighted by atomic mass is 10.1. The first-order valence-corrected chi connectivity index (χ1v) is 7.60. The molecule has 20 heavy (non-hydrogen) atoms. The van der Waals surface area contributed by atoms with Crippen LogP contribution in [0.4, 0.5) is 0 Å². The number of rotatable bonds is 4. The third-order valence-corrected chi connectivity index (χ3v) is 4.24. The summed E-state index contributed by atoms with van der Waals surface area (Å²) in [5.74, 6) is 0.512. The molecule has 3 rings (SSSR count). The Morgan fingerprint density at radius 2 is 2.55 bits per heavy atom. The van der Waals surface area contributed by atoms with Crippen LogP contribution in [0.25, 0.3) is 0 Å². The molecule has 1 amide bonds. The molecule has 3 heterocycles. The molecule has 2 aromatic rings. The van der Waals surface area contributed by atoms with Gasteiger partial charge in [0.1, 0.15) is 17.6 Å². The van der Waals surface area contributed by atoms with Gasteiger partial charge in [-0.3, -0.25) is 4.79 Å². The highest BCUT2D eigenvalue weighted by Gasteiger charge is 2.32. The number of aliphatic hydroxyl groups excluding tert-OH is 1. The largest absolute Gasteiger partial charge is 0.467 e. The lowest BCUT2D eigenvalue weighted by Crippen LogP contribution is -2.36. The molecule has 0 spiro atoms. The first-order valence-electron chi connectivity index (χ1n) is 6.66. The van der Waals surface area contributed by atoms with Crippen molar-refractivity contribution in [3.05, 3.63) is 40.7 Å². The van der Waals surface area contributed by atoms with E-state index < -0.39 is 6.10 Å². The molecule has 1 N–H and O–H groups in total. The molecule has 0 aliphatic carbocycles. The van der Waals surface area contributed by atoms with Crippen molar-refractivity contribution in [2.24, 2.45) is 0 Å². The van der Waals surface area contributed by atoms with Crippen molar-refractivity contribution < 1.29 is 14.3 Å². The molecule has 5 nitrogen and oxygen atoms in total. The lowest BCUT2D eigenvalue weighted by molar-refractivity contribution is 0.0637. The third-order valence-electron chi connectivity index (χ3n) is 3.66. The van der Waals surface area contributed by atoms with Gasteiger partial charge in [-0.2, -0.15) is 0 Å². The van der Waals surface area contributed by atoms with Gasteiger partial charge in [0.05, 0.1) is 11.8 Å². The average molecular weight is 292 g/mol. The second kappa shape index (κ2) is 5.76. The highest BCUT2D eigenvalue weighted by atomic mass is 32.1. The minimum absolute atomic E-state index is 0.0413. The fraction of sp³-hybridized carbons (Fsp3) is 0.429. The Morgan fingerprint density at radius 3 is 3.25 bits per heavy atom. The fourth-order valence-corrected chi connectivity index (χ4v) is 3.19. The minimum atomic E-state index is -0.668. The summed E-state index contributed by atoms with van der Waals surface area (Å²) in [6.45, 7) is 0.728. The van der Waals surface area contributed by atoms with E-state index in [4.69, 9.17) is 4.42 Å². The average Bonchev–Trinajstić information content (AvgIpc) is 3.20. The quantitative estimate of drug-likeness (QED) is 0.940. The van der Waals surface area contributed by atoms with Gasteiger partial charge >= 0.3 is 0 Å². The minimum Gasteiger partial charge on any atom is -0.467 e. The second-order valence-electron chi connectivity index (χ2n) is 4.94. The number of nitrogens with zero attached hydrogens (tertiary/aromatic N) is 2. The Bertz CT molecular complexity index is 553. The van der Waals surface area contributed by atoms with E-state index in [9.17, 15) is 9.90 Å². The zero-order chi connectivity index (χ0) is 13.9. The number of hydrogen-bond donors (Lipinski definition) is 1. The Kier molecular flexibility index (Phi) is 3.84. The van der Waals surface area contributed by atoms with Gasteiger partial charge in [0.15, 0.2) is 0 Å². The third kappa shape index (κ3) is 2.62. The van der Waals surface area contributed by atoms with Crippen LogP contribution in [0.1, 0.15) is 41.6 Å². The summed E-state index contributed by atoms with van der Waals surface area (Å²) in [4.78, 5) is 18.2. The van der Waals surface area contributed by atoms with E-state index in [0.717, 1.165) is 19.4 Å². The molecule has 2 unspecified atom stereocenters. The molecule has 106 valence electrons. The molecule has 0 saturated carbocycles. The molecular formula is C14H16N2O3S. The summed E-state index contributed by atoms with van der Waals surface area (Å²) >= 11 is 1.42. The number of carbonyl (C=O) groups excluding carboxylic acids is 1. The molecule has 0 aromatic carbocycles. The maximum Gasteiger partial charge on any atom is 0.273 e. The van der Waals surface area contributed by atoms with Gasteiger partial charge in [-0.1, -0.05) is 0 Å². The molecule has 1 saturated heterocycles. The van der Waals surface area contributed by atoms with E-state index in [2.05, 4.69) is 4.98 Å². The van der Waals surface area contributed by atoms with Crippen molar-refractivity contribution in [1.29, 1.82) is 0 Å². The molecule has 1 aliphatic heterocycles.